The number of allylic oxidation sites excluding steroid dienone is 3. The van der Waals surface area contributed by atoms with E-state index in [-0.39, 0.29) is 0 Å². The molecule has 0 saturated heterocycles. The largest absolute Gasteiger partial charge is 0.499 e. The Balaban J connectivity index is 0.000000472. The van der Waals surface area contributed by atoms with Gasteiger partial charge in [0.25, 0.3) is 0 Å². The van der Waals surface area contributed by atoms with Crippen LogP contribution in [-0.2, 0) is 4.74 Å². The molecule has 0 aromatic heterocycles. The van der Waals surface area contributed by atoms with Crippen LogP contribution in [0.5, 0.6) is 0 Å². The van der Waals surface area contributed by atoms with Gasteiger partial charge in [0, 0.05) is 0 Å². The van der Waals surface area contributed by atoms with Crippen molar-refractivity contribution in [2.75, 3.05) is 6.61 Å². The second kappa shape index (κ2) is 15.2. The molecule has 0 spiro atoms. The van der Waals surface area contributed by atoms with Gasteiger partial charge in [0.05, 0.1) is 12.4 Å². The number of unbranched alkanes of at least 4 members (excludes halogenated alkanes) is 2. The number of hydrogen-bond acceptors (Lipinski definition) is 1. The van der Waals surface area contributed by atoms with Gasteiger partial charge in [-0.05, 0) is 44.4 Å². The second-order valence-corrected chi connectivity index (χ2v) is 6.86. The Morgan fingerprint density at radius 2 is 1.82 bits per heavy atom. The van der Waals surface area contributed by atoms with Crippen molar-refractivity contribution in [3.63, 3.8) is 0 Å². The fraction of sp³-hybridized carbons (Fsp3) is 0.810. The summed E-state index contributed by atoms with van der Waals surface area (Å²) in [6.45, 7) is 13.1. The maximum atomic E-state index is 5.09. The Labute approximate surface area is 140 Å². The first-order chi connectivity index (χ1) is 10.6. The normalized spacial score (nSPS) is 16.4. The first-order valence-corrected chi connectivity index (χ1v) is 9.55. The van der Waals surface area contributed by atoms with Crippen LogP contribution >= 0.6 is 0 Å². The predicted molar refractivity (Wildman–Crippen MR) is 100 cm³/mol. The monoisotopic (exact) mass is 308 g/mol. The van der Waals surface area contributed by atoms with E-state index in [0.717, 1.165) is 30.6 Å². The van der Waals surface area contributed by atoms with Crippen molar-refractivity contribution in [2.24, 2.45) is 11.8 Å². The van der Waals surface area contributed by atoms with Crippen LogP contribution in [0.2, 0.25) is 0 Å². The molecular weight excluding hydrogens is 268 g/mol. The van der Waals surface area contributed by atoms with E-state index in [0.29, 0.717) is 0 Å². The lowest BCUT2D eigenvalue weighted by atomic mass is 9.99. The average Bonchev–Trinajstić information content (AvgIpc) is 2.99. The van der Waals surface area contributed by atoms with Crippen LogP contribution in [0.3, 0.4) is 0 Å². The predicted octanol–water partition coefficient (Wildman–Crippen LogP) is 7.29. The molecule has 22 heavy (non-hydrogen) atoms. The van der Waals surface area contributed by atoms with E-state index in [2.05, 4.69) is 39.5 Å². The molecule has 1 aliphatic rings. The lowest BCUT2D eigenvalue weighted by Crippen LogP contribution is -1.93. The zero-order valence-corrected chi connectivity index (χ0v) is 15.7. The highest BCUT2D eigenvalue weighted by atomic mass is 16.5. The Kier molecular flexibility index (Phi) is 14.7. The van der Waals surface area contributed by atoms with Crippen molar-refractivity contribution in [2.45, 2.75) is 91.9 Å². The van der Waals surface area contributed by atoms with E-state index < -0.39 is 0 Å². The minimum atomic E-state index is 0.818. The van der Waals surface area contributed by atoms with Gasteiger partial charge in [-0.2, -0.15) is 0 Å². The third-order valence-electron chi connectivity index (χ3n) is 4.24. The van der Waals surface area contributed by atoms with E-state index in [1.54, 1.807) is 0 Å². The Bertz CT molecular complexity index is 274. The summed E-state index contributed by atoms with van der Waals surface area (Å²) in [5.74, 6) is 2.64. The molecular formula is C21H40O. The number of hydrogen-bond donors (Lipinski definition) is 0. The molecule has 0 N–H and O–H groups in total. The topological polar surface area (TPSA) is 9.23 Å². The van der Waals surface area contributed by atoms with Crippen molar-refractivity contribution in [1.82, 2.24) is 0 Å². The molecule has 1 saturated carbocycles. The average molecular weight is 309 g/mol. The zero-order chi connectivity index (χ0) is 16.6. The molecule has 0 bridgehead atoms. The summed E-state index contributed by atoms with van der Waals surface area (Å²) >= 11 is 0. The van der Waals surface area contributed by atoms with Crippen molar-refractivity contribution >= 4 is 0 Å². The van der Waals surface area contributed by atoms with Crippen LogP contribution in [0.1, 0.15) is 91.9 Å². The Morgan fingerprint density at radius 1 is 1.18 bits per heavy atom. The minimum Gasteiger partial charge on any atom is -0.499 e. The van der Waals surface area contributed by atoms with Crippen LogP contribution in [0.15, 0.2) is 24.5 Å². The van der Waals surface area contributed by atoms with Crippen molar-refractivity contribution in [3.05, 3.63) is 24.5 Å². The third-order valence-corrected chi connectivity index (χ3v) is 4.24. The van der Waals surface area contributed by atoms with Crippen LogP contribution < -0.4 is 0 Å². The highest BCUT2D eigenvalue weighted by molar-refractivity contribution is 4.91. The zero-order valence-electron chi connectivity index (χ0n) is 15.7. The smallest absolute Gasteiger partial charge is 0.0876 e. The molecule has 0 radical (unpaired) electrons. The molecule has 1 aliphatic carbocycles. The van der Waals surface area contributed by atoms with Crippen LogP contribution in [-0.4, -0.2) is 6.61 Å². The lowest BCUT2D eigenvalue weighted by Gasteiger charge is -2.07. The van der Waals surface area contributed by atoms with Gasteiger partial charge < -0.3 is 4.74 Å². The summed E-state index contributed by atoms with van der Waals surface area (Å²) in [5.41, 5.74) is 0. The molecule has 130 valence electrons. The maximum absolute atomic E-state index is 5.09. The standard InChI is InChI=1S/C14H26.C7H14O/c1-3-4-8-13(2)9-7-12-14-10-5-6-11-14;1-4-5-6-8-7(2)3/h7,12-14H,3-6,8-11H2,1-2H3;2,4-6H2,1,3H3/b12-7+;. The van der Waals surface area contributed by atoms with Crippen LogP contribution in [0, 0.1) is 11.8 Å². The van der Waals surface area contributed by atoms with Crippen molar-refractivity contribution in [3.8, 4) is 0 Å². The van der Waals surface area contributed by atoms with Gasteiger partial charge in [-0.3, -0.25) is 0 Å². The second-order valence-electron chi connectivity index (χ2n) is 6.86. The first-order valence-electron chi connectivity index (χ1n) is 9.55. The Hall–Kier alpha value is -0.720. The van der Waals surface area contributed by atoms with Gasteiger partial charge >= 0.3 is 0 Å². The third kappa shape index (κ3) is 14.2. The quantitative estimate of drug-likeness (QED) is 0.234. The van der Waals surface area contributed by atoms with Crippen molar-refractivity contribution < 1.29 is 4.74 Å². The van der Waals surface area contributed by atoms with Gasteiger partial charge in [0.15, 0.2) is 0 Å². The van der Waals surface area contributed by atoms with Gasteiger partial charge in [0.2, 0.25) is 0 Å². The minimum absolute atomic E-state index is 0.818. The summed E-state index contributed by atoms with van der Waals surface area (Å²) in [5, 5.41) is 0. The Morgan fingerprint density at radius 3 is 2.36 bits per heavy atom. The number of rotatable bonds is 10. The highest BCUT2D eigenvalue weighted by Gasteiger charge is 2.10. The van der Waals surface area contributed by atoms with Gasteiger partial charge in [-0.25, -0.2) is 0 Å². The molecule has 1 unspecified atom stereocenters. The van der Waals surface area contributed by atoms with Crippen molar-refractivity contribution in [1.29, 1.82) is 0 Å². The summed E-state index contributed by atoms with van der Waals surface area (Å²) < 4.78 is 5.09. The summed E-state index contributed by atoms with van der Waals surface area (Å²) in [6.07, 6.45) is 18.5. The SMILES string of the molecule is C=C(C)OCCCC.CCCCC(C)C/C=C/C1CCCC1. The lowest BCUT2D eigenvalue weighted by molar-refractivity contribution is 0.211. The van der Waals surface area contributed by atoms with E-state index >= 15 is 0 Å². The van der Waals surface area contributed by atoms with E-state index in [1.807, 2.05) is 6.92 Å². The molecule has 1 heteroatoms. The van der Waals surface area contributed by atoms with Gasteiger partial charge in [0.1, 0.15) is 0 Å². The fourth-order valence-corrected chi connectivity index (χ4v) is 2.71. The van der Waals surface area contributed by atoms with E-state index in [9.17, 15) is 0 Å². The highest BCUT2D eigenvalue weighted by Crippen LogP contribution is 2.26. The molecule has 1 atom stereocenters. The summed E-state index contributed by atoms with van der Waals surface area (Å²) in [6, 6.07) is 0. The van der Waals surface area contributed by atoms with Gasteiger partial charge in [-0.15, -0.1) is 0 Å². The molecule has 0 heterocycles. The molecule has 1 fully saturated rings. The molecule has 0 aliphatic heterocycles. The van der Waals surface area contributed by atoms with Gasteiger partial charge in [-0.1, -0.05) is 78.0 Å². The van der Waals surface area contributed by atoms with Crippen LogP contribution in [0.4, 0.5) is 0 Å². The van der Waals surface area contributed by atoms with E-state index in [1.165, 1.54) is 57.8 Å². The van der Waals surface area contributed by atoms with E-state index in [4.69, 9.17) is 4.74 Å². The number of ether oxygens (including phenoxy) is 1. The first kappa shape index (κ1) is 21.3. The molecule has 1 nitrogen and oxygen atoms in total. The molecule has 0 aromatic carbocycles. The molecule has 0 aromatic rings. The maximum Gasteiger partial charge on any atom is 0.0876 e. The van der Waals surface area contributed by atoms with Crippen LogP contribution in [0.25, 0.3) is 0 Å². The summed E-state index contributed by atoms with van der Waals surface area (Å²) in [4.78, 5) is 0. The molecule has 1 rings (SSSR count). The molecule has 0 amide bonds. The fourth-order valence-electron chi connectivity index (χ4n) is 2.71. The summed E-state index contributed by atoms with van der Waals surface area (Å²) in [7, 11) is 0.